The van der Waals surface area contributed by atoms with E-state index in [1.54, 1.807) is 12.1 Å². The fourth-order valence-corrected chi connectivity index (χ4v) is 2.24. The Morgan fingerprint density at radius 1 is 1.52 bits per heavy atom. The van der Waals surface area contributed by atoms with Crippen molar-refractivity contribution in [3.05, 3.63) is 27.7 Å². The third kappa shape index (κ3) is 4.70. The van der Waals surface area contributed by atoms with Gasteiger partial charge in [-0.1, -0.05) is 35.2 Å². The predicted molar refractivity (Wildman–Crippen MR) is 88.5 cm³/mol. The first kappa shape index (κ1) is 20.4. The van der Waals surface area contributed by atoms with E-state index in [1.165, 1.54) is 5.06 Å². The molecule has 0 radical (unpaired) electrons. The van der Waals surface area contributed by atoms with E-state index in [-0.39, 0.29) is 28.4 Å². The van der Waals surface area contributed by atoms with Crippen LogP contribution in [0.15, 0.2) is 12.1 Å². The molecule has 0 saturated heterocycles. The van der Waals surface area contributed by atoms with Crippen molar-refractivity contribution < 1.29 is 15.1 Å². The summed E-state index contributed by atoms with van der Waals surface area (Å²) < 4.78 is 0. The van der Waals surface area contributed by atoms with Crippen molar-refractivity contribution in [2.45, 2.75) is 32.6 Å². The first-order valence-corrected chi connectivity index (χ1v) is 6.75. The van der Waals surface area contributed by atoms with E-state index in [2.05, 4.69) is 5.32 Å². The van der Waals surface area contributed by atoms with Gasteiger partial charge in [0, 0.05) is 17.7 Å². The van der Waals surface area contributed by atoms with Crippen molar-refractivity contribution in [3.8, 4) is 0 Å². The van der Waals surface area contributed by atoms with Crippen molar-refractivity contribution in [1.82, 2.24) is 5.06 Å². The smallest absolute Gasteiger partial charge is 0.325 e. The zero-order valence-electron chi connectivity index (χ0n) is 11.4. The van der Waals surface area contributed by atoms with Crippen LogP contribution in [0.25, 0.3) is 0 Å². The normalized spacial score (nSPS) is 16.9. The molecule has 9 heteroatoms. The van der Waals surface area contributed by atoms with Crippen molar-refractivity contribution in [1.29, 1.82) is 0 Å². The lowest BCUT2D eigenvalue weighted by molar-refractivity contribution is -0.204. The van der Waals surface area contributed by atoms with Gasteiger partial charge in [0.15, 0.2) is 6.29 Å². The summed E-state index contributed by atoms with van der Waals surface area (Å²) in [5, 5.41) is 5.27. The van der Waals surface area contributed by atoms with Crippen LogP contribution in [0, 0.1) is 0 Å². The molecule has 1 atom stereocenters. The highest BCUT2D eigenvalue weighted by molar-refractivity contribution is 8.93. The molecule has 0 spiro atoms. The van der Waals surface area contributed by atoms with Crippen LogP contribution in [0.3, 0.4) is 0 Å². The fraction of sp³-hybridized carbons (Fsp3) is 0.417. The first-order valence-electron chi connectivity index (χ1n) is 5.99. The summed E-state index contributed by atoms with van der Waals surface area (Å²) in [7, 11) is 0. The van der Waals surface area contributed by atoms with Gasteiger partial charge in [-0.05, 0) is 18.6 Å². The summed E-state index contributed by atoms with van der Waals surface area (Å²) in [4.78, 5) is 16.7. The summed E-state index contributed by atoms with van der Waals surface area (Å²) in [5.41, 5.74) is 7.45. The number of carbonyl (C=O) groups excluding carboxylic acids is 1. The molecule has 6 nitrogen and oxygen atoms in total. The first-order chi connectivity index (χ1) is 9.02. The van der Waals surface area contributed by atoms with Crippen LogP contribution in [-0.4, -0.2) is 22.8 Å². The average Bonchev–Trinajstić information content (AvgIpc) is 2.36. The van der Waals surface area contributed by atoms with Crippen LogP contribution in [0.4, 0.5) is 5.69 Å². The summed E-state index contributed by atoms with van der Waals surface area (Å²) in [5.74, 6) is -0.318. The maximum absolute atomic E-state index is 11.5. The average molecular weight is 403 g/mol. The van der Waals surface area contributed by atoms with Gasteiger partial charge in [0.2, 0.25) is 0 Å². The Hall–Kier alpha value is -0.570. The highest BCUT2D eigenvalue weighted by Crippen LogP contribution is 2.35. The minimum absolute atomic E-state index is 0. The SMILES string of the molecule is Br.CCCC(=O)ON1Cc2c(ccc(Cl)c2Cl)NC1N.O. The molecular formula is C12H18BrCl2N3O3. The van der Waals surface area contributed by atoms with E-state index >= 15 is 0 Å². The number of hydrogen-bond acceptors (Lipinski definition) is 5. The highest BCUT2D eigenvalue weighted by Gasteiger charge is 2.28. The minimum Gasteiger partial charge on any atom is -0.412 e. The van der Waals surface area contributed by atoms with E-state index in [4.69, 9.17) is 33.8 Å². The van der Waals surface area contributed by atoms with Gasteiger partial charge in [-0.25, -0.2) is 0 Å². The van der Waals surface area contributed by atoms with Crippen LogP contribution in [0.2, 0.25) is 10.0 Å². The van der Waals surface area contributed by atoms with Gasteiger partial charge in [0.25, 0.3) is 0 Å². The molecule has 1 unspecified atom stereocenters. The summed E-state index contributed by atoms with van der Waals surface area (Å²) in [6.45, 7) is 2.21. The lowest BCUT2D eigenvalue weighted by atomic mass is 10.1. The maximum Gasteiger partial charge on any atom is 0.325 e. The number of nitrogens with zero attached hydrogens (tertiary/aromatic N) is 1. The Balaban J connectivity index is 0.00000200. The van der Waals surface area contributed by atoms with E-state index in [1.807, 2.05) is 6.92 Å². The van der Waals surface area contributed by atoms with Gasteiger partial charge < -0.3 is 15.6 Å². The van der Waals surface area contributed by atoms with Crippen molar-refractivity contribution in [3.63, 3.8) is 0 Å². The molecule has 120 valence electrons. The molecule has 5 N–H and O–H groups in total. The van der Waals surface area contributed by atoms with Gasteiger partial charge in [0.1, 0.15) is 0 Å². The van der Waals surface area contributed by atoms with Gasteiger partial charge in [-0.3, -0.25) is 10.5 Å². The number of carbonyl (C=O) groups is 1. The largest absolute Gasteiger partial charge is 0.412 e. The Labute approximate surface area is 143 Å². The quantitative estimate of drug-likeness (QED) is 0.808. The van der Waals surface area contributed by atoms with E-state index in [9.17, 15) is 4.79 Å². The molecule has 1 aromatic carbocycles. The Kier molecular flexibility index (Phi) is 8.53. The number of hydroxylamine groups is 2. The second-order valence-electron chi connectivity index (χ2n) is 4.27. The molecule has 0 fully saturated rings. The monoisotopic (exact) mass is 401 g/mol. The number of hydrogen-bond donors (Lipinski definition) is 2. The lowest BCUT2D eigenvalue weighted by Crippen LogP contribution is -2.50. The second kappa shape index (κ2) is 8.77. The maximum atomic E-state index is 11.5. The number of anilines is 1. The van der Waals surface area contributed by atoms with Gasteiger partial charge in [-0.2, -0.15) is 0 Å². The number of benzene rings is 1. The Morgan fingerprint density at radius 3 is 2.81 bits per heavy atom. The minimum atomic E-state index is -0.606. The van der Waals surface area contributed by atoms with Crippen molar-refractivity contribution in [2.24, 2.45) is 5.73 Å². The molecular weight excluding hydrogens is 385 g/mol. The molecule has 2 rings (SSSR count). The molecule has 1 aliphatic rings. The van der Waals surface area contributed by atoms with Crippen molar-refractivity contribution in [2.75, 3.05) is 5.32 Å². The predicted octanol–water partition coefficient (Wildman–Crippen LogP) is 2.47. The van der Waals surface area contributed by atoms with Crippen LogP contribution in [0.1, 0.15) is 25.3 Å². The number of nitrogens with two attached hydrogens (primary N) is 1. The molecule has 0 amide bonds. The number of rotatable bonds is 3. The van der Waals surface area contributed by atoms with Crippen LogP contribution >= 0.6 is 40.2 Å². The molecule has 0 aliphatic carbocycles. The van der Waals surface area contributed by atoms with Gasteiger partial charge >= 0.3 is 5.97 Å². The standard InChI is InChI=1S/C12H15Cl2N3O2.BrH.H2O/c1-2-3-10(18)19-17-6-7-9(16-12(17)15)5-4-8(13)11(7)14;;/h4-5,12,16H,2-3,6,15H2,1H3;1H;1H2. The van der Waals surface area contributed by atoms with Gasteiger partial charge in [0.05, 0.1) is 16.6 Å². The molecule has 1 heterocycles. The second-order valence-corrected chi connectivity index (χ2v) is 5.05. The zero-order valence-corrected chi connectivity index (χ0v) is 14.6. The molecule has 1 aliphatic heterocycles. The van der Waals surface area contributed by atoms with E-state index in [0.717, 1.165) is 17.7 Å². The summed E-state index contributed by atoms with van der Waals surface area (Å²) >= 11 is 12.1. The summed E-state index contributed by atoms with van der Waals surface area (Å²) in [6, 6.07) is 3.50. The zero-order chi connectivity index (χ0) is 14.0. The van der Waals surface area contributed by atoms with Crippen molar-refractivity contribution >= 4 is 51.8 Å². The van der Waals surface area contributed by atoms with Crippen LogP contribution in [0.5, 0.6) is 0 Å². The Bertz CT molecular complexity index is 505. The number of fused-ring (bicyclic) bond motifs is 1. The topological polar surface area (TPSA) is 99.1 Å². The molecule has 1 aromatic rings. The van der Waals surface area contributed by atoms with E-state index < -0.39 is 6.29 Å². The Morgan fingerprint density at radius 2 is 2.19 bits per heavy atom. The summed E-state index contributed by atoms with van der Waals surface area (Å²) in [6.07, 6.45) is 0.461. The lowest BCUT2D eigenvalue weighted by Gasteiger charge is -2.34. The van der Waals surface area contributed by atoms with Gasteiger partial charge in [-0.15, -0.1) is 17.0 Å². The fourth-order valence-electron chi connectivity index (χ4n) is 1.84. The highest BCUT2D eigenvalue weighted by atomic mass is 79.9. The molecule has 0 aromatic heterocycles. The molecule has 0 bridgehead atoms. The molecule has 0 saturated carbocycles. The third-order valence-electron chi connectivity index (χ3n) is 2.80. The molecule has 21 heavy (non-hydrogen) atoms. The third-order valence-corrected chi connectivity index (χ3v) is 3.64. The van der Waals surface area contributed by atoms with Crippen LogP contribution < -0.4 is 11.1 Å². The number of halogens is 3. The van der Waals surface area contributed by atoms with Crippen LogP contribution in [-0.2, 0) is 16.2 Å². The van der Waals surface area contributed by atoms with E-state index in [0.29, 0.717) is 23.0 Å². The number of nitrogens with one attached hydrogen (secondary N) is 1.